The van der Waals surface area contributed by atoms with Gasteiger partial charge in [0.1, 0.15) is 6.54 Å². The average Bonchev–Trinajstić information content (AvgIpc) is 2.28. The molecule has 1 aromatic rings. The molecular formula is C13H16INO3. The van der Waals surface area contributed by atoms with Gasteiger partial charge in [0.15, 0.2) is 0 Å². The lowest BCUT2D eigenvalue weighted by molar-refractivity contribution is -0.145. The highest BCUT2D eigenvalue weighted by molar-refractivity contribution is 14.1. The maximum atomic E-state index is 12.0. The summed E-state index contributed by atoms with van der Waals surface area (Å²) in [4.78, 5) is 24.1. The van der Waals surface area contributed by atoms with Crippen molar-refractivity contribution in [2.45, 2.75) is 26.3 Å². The van der Waals surface area contributed by atoms with Crippen LogP contribution in [0.15, 0.2) is 24.3 Å². The number of carbonyl (C=O) groups excluding carboxylic acids is 1. The Balaban J connectivity index is 2.72. The minimum atomic E-state index is -0.986. The van der Waals surface area contributed by atoms with Crippen LogP contribution < -0.4 is 0 Å². The average molecular weight is 361 g/mol. The monoisotopic (exact) mass is 361 g/mol. The van der Waals surface area contributed by atoms with Crippen LogP contribution in [0.5, 0.6) is 0 Å². The second-order valence-electron chi connectivity index (χ2n) is 4.31. The van der Waals surface area contributed by atoms with Gasteiger partial charge in [-0.2, -0.15) is 0 Å². The maximum absolute atomic E-state index is 12.0. The van der Waals surface area contributed by atoms with Crippen molar-refractivity contribution in [2.75, 3.05) is 6.54 Å². The van der Waals surface area contributed by atoms with E-state index in [0.717, 1.165) is 9.13 Å². The summed E-state index contributed by atoms with van der Waals surface area (Å²) in [6.07, 6.45) is 0.238. The number of carbonyl (C=O) groups is 2. The van der Waals surface area contributed by atoms with Crippen molar-refractivity contribution in [1.29, 1.82) is 0 Å². The Morgan fingerprint density at radius 1 is 1.28 bits per heavy atom. The number of nitrogens with zero attached hydrogens (tertiary/aromatic N) is 1. The van der Waals surface area contributed by atoms with Crippen molar-refractivity contribution >= 4 is 34.5 Å². The Labute approximate surface area is 120 Å². The molecule has 18 heavy (non-hydrogen) atoms. The minimum Gasteiger partial charge on any atom is -0.480 e. The second-order valence-corrected chi connectivity index (χ2v) is 5.56. The van der Waals surface area contributed by atoms with E-state index >= 15 is 0 Å². The van der Waals surface area contributed by atoms with Crippen LogP contribution >= 0.6 is 22.6 Å². The van der Waals surface area contributed by atoms with Crippen LogP contribution in [-0.2, 0) is 16.0 Å². The third-order valence-electron chi connectivity index (χ3n) is 2.52. The Kier molecular flexibility index (Phi) is 5.58. The first kappa shape index (κ1) is 14.9. The molecule has 0 radical (unpaired) electrons. The van der Waals surface area contributed by atoms with Crippen LogP contribution in [0.3, 0.4) is 0 Å². The van der Waals surface area contributed by atoms with Gasteiger partial charge in [0.05, 0.1) is 6.42 Å². The highest BCUT2D eigenvalue weighted by Gasteiger charge is 2.19. The molecule has 0 aromatic heterocycles. The molecule has 1 rings (SSSR count). The van der Waals surface area contributed by atoms with Gasteiger partial charge in [0.25, 0.3) is 0 Å². The number of carboxylic acids is 1. The normalized spacial score (nSPS) is 10.4. The third kappa shape index (κ3) is 4.64. The van der Waals surface area contributed by atoms with Crippen molar-refractivity contribution in [2.24, 2.45) is 0 Å². The van der Waals surface area contributed by atoms with E-state index in [-0.39, 0.29) is 24.9 Å². The SMILES string of the molecule is CC(C)N(CC(=O)O)C(=O)Cc1ccc(I)cc1. The standard InChI is InChI=1S/C13H16INO3/c1-9(2)15(8-13(17)18)12(16)7-10-3-5-11(14)6-4-10/h3-6,9H,7-8H2,1-2H3,(H,17,18). The zero-order valence-corrected chi connectivity index (χ0v) is 12.5. The van der Waals surface area contributed by atoms with E-state index in [2.05, 4.69) is 22.6 Å². The Hall–Kier alpha value is -1.11. The van der Waals surface area contributed by atoms with E-state index in [1.807, 2.05) is 38.1 Å². The molecular weight excluding hydrogens is 345 g/mol. The minimum absolute atomic E-state index is 0.113. The van der Waals surface area contributed by atoms with E-state index in [0.29, 0.717) is 0 Å². The molecule has 0 aliphatic carbocycles. The molecule has 0 heterocycles. The zero-order valence-electron chi connectivity index (χ0n) is 10.4. The molecule has 0 bridgehead atoms. The molecule has 0 atom stereocenters. The topological polar surface area (TPSA) is 57.6 Å². The molecule has 0 spiro atoms. The summed E-state index contributed by atoms with van der Waals surface area (Å²) in [5, 5.41) is 8.79. The molecule has 4 nitrogen and oxygen atoms in total. The summed E-state index contributed by atoms with van der Waals surface area (Å²) in [5.41, 5.74) is 0.899. The third-order valence-corrected chi connectivity index (χ3v) is 3.24. The highest BCUT2D eigenvalue weighted by atomic mass is 127. The van der Waals surface area contributed by atoms with E-state index in [1.54, 1.807) is 0 Å². The molecule has 1 N–H and O–H groups in total. The molecule has 0 saturated heterocycles. The number of hydrogen-bond donors (Lipinski definition) is 1. The lowest BCUT2D eigenvalue weighted by Crippen LogP contribution is -2.41. The molecule has 98 valence electrons. The van der Waals surface area contributed by atoms with Crippen LogP contribution in [-0.4, -0.2) is 34.5 Å². The summed E-state index contributed by atoms with van der Waals surface area (Å²) in [6.45, 7) is 3.38. The predicted molar refractivity (Wildman–Crippen MR) is 77.3 cm³/mol. The fourth-order valence-corrected chi connectivity index (χ4v) is 1.94. The van der Waals surface area contributed by atoms with Gasteiger partial charge in [-0.05, 0) is 54.1 Å². The lowest BCUT2D eigenvalue weighted by Gasteiger charge is -2.24. The van der Waals surface area contributed by atoms with Gasteiger partial charge >= 0.3 is 5.97 Å². The first-order chi connectivity index (χ1) is 8.40. The summed E-state index contributed by atoms with van der Waals surface area (Å²) >= 11 is 2.20. The van der Waals surface area contributed by atoms with Crippen LogP contribution in [0.4, 0.5) is 0 Å². The number of rotatable bonds is 5. The van der Waals surface area contributed by atoms with Gasteiger partial charge in [-0.3, -0.25) is 9.59 Å². The number of hydrogen-bond acceptors (Lipinski definition) is 2. The Morgan fingerprint density at radius 2 is 1.83 bits per heavy atom. The molecule has 0 aliphatic heterocycles. The number of benzene rings is 1. The molecule has 1 amide bonds. The zero-order chi connectivity index (χ0) is 13.7. The smallest absolute Gasteiger partial charge is 0.323 e. The van der Waals surface area contributed by atoms with Crippen LogP contribution in [0.1, 0.15) is 19.4 Å². The largest absolute Gasteiger partial charge is 0.480 e. The lowest BCUT2D eigenvalue weighted by atomic mass is 10.1. The van der Waals surface area contributed by atoms with Crippen LogP contribution in [0.25, 0.3) is 0 Å². The number of amides is 1. The molecule has 0 unspecified atom stereocenters. The summed E-state index contributed by atoms with van der Waals surface area (Å²) < 4.78 is 1.11. The molecule has 5 heteroatoms. The van der Waals surface area contributed by atoms with Crippen molar-refractivity contribution in [3.05, 3.63) is 33.4 Å². The predicted octanol–water partition coefficient (Wildman–Crippen LogP) is 2.16. The number of carboxylic acid groups (broad SMARTS) is 1. The number of halogens is 1. The van der Waals surface area contributed by atoms with Crippen LogP contribution in [0.2, 0.25) is 0 Å². The molecule has 0 saturated carbocycles. The van der Waals surface area contributed by atoms with Gasteiger partial charge in [0.2, 0.25) is 5.91 Å². The Bertz CT molecular complexity index is 428. The Morgan fingerprint density at radius 3 is 2.28 bits per heavy atom. The number of aliphatic carboxylic acids is 1. The molecule has 1 aromatic carbocycles. The van der Waals surface area contributed by atoms with Gasteiger partial charge in [-0.25, -0.2) is 0 Å². The summed E-state index contributed by atoms with van der Waals surface area (Å²) in [5.74, 6) is -1.15. The van der Waals surface area contributed by atoms with Gasteiger partial charge in [-0.15, -0.1) is 0 Å². The van der Waals surface area contributed by atoms with Crippen molar-refractivity contribution < 1.29 is 14.7 Å². The first-order valence-corrected chi connectivity index (χ1v) is 6.73. The van der Waals surface area contributed by atoms with E-state index < -0.39 is 5.97 Å². The van der Waals surface area contributed by atoms with Gasteiger partial charge < -0.3 is 10.0 Å². The molecule has 0 aliphatic rings. The van der Waals surface area contributed by atoms with Crippen LogP contribution in [0, 0.1) is 3.57 Å². The van der Waals surface area contributed by atoms with Gasteiger partial charge in [0, 0.05) is 9.61 Å². The summed E-state index contributed by atoms with van der Waals surface area (Å²) in [7, 11) is 0. The van der Waals surface area contributed by atoms with E-state index in [1.165, 1.54) is 4.90 Å². The van der Waals surface area contributed by atoms with Gasteiger partial charge in [-0.1, -0.05) is 12.1 Å². The van der Waals surface area contributed by atoms with Crippen molar-refractivity contribution in [3.63, 3.8) is 0 Å². The second kappa shape index (κ2) is 6.72. The van der Waals surface area contributed by atoms with Crippen molar-refractivity contribution in [3.8, 4) is 0 Å². The van der Waals surface area contributed by atoms with E-state index in [4.69, 9.17) is 5.11 Å². The summed E-state index contributed by atoms with van der Waals surface area (Å²) in [6, 6.07) is 7.52. The van der Waals surface area contributed by atoms with E-state index in [9.17, 15) is 9.59 Å². The fourth-order valence-electron chi connectivity index (χ4n) is 1.58. The molecule has 0 fully saturated rings. The quantitative estimate of drug-likeness (QED) is 0.818. The maximum Gasteiger partial charge on any atom is 0.323 e. The van der Waals surface area contributed by atoms with Crippen molar-refractivity contribution in [1.82, 2.24) is 4.90 Å². The first-order valence-electron chi connectivity index (χ1n) is 5.66. The fraction of sp³-hybridized carbons (Fsp3) is 0.385. The highest BCUT2D eigenvalue weighted by Crippen LogP contribution is 2.09.